The minimum atomic E-state index is -0.593. The van der Waals surface area contributed by atoms with Crippen molar-refractivity contribution >= 4 is 17.5 Å². The third-order valence-corrected chi connectivity index (χ3v) is 5.49. The molecule has 0 spiro atoms. The Balaban J connectivity index is 1.45. The van der Waals surface area contributed by atoms with Crippen molar-refractivity contribution in [3.63, 3.8) is 0 Å². The van der Waals surface area contributed by atoms with E-state index in [0.717, 1.165) is 19.2 Å². The average Bonchev–Trinajstić information content (AvgIpc) is 2.61. The molecule has 2 saturated heterocycles. The van der Waals surface area contributed by atoms with Crippen LogP contribution in [-0.4, -0.2) is 96.4 Å². The van der Waals surface area contributed by atoms with Crippen molar-refractivity contribution < 1.29 is 19.0 Å². The van der Waals surface area contributed by atoms with Crippen molar-refractivity contribution in [1.82, 2.24) is 14.7 Å². The number of benzene rings is 1. The van der Waals surface area contributed by atoms with Gasteiger partial charge in [-0.2, -0.15) is 0 Å². The number of hydrogen-bond donors (Lipinski definition) is 1. The minimum absolute atomic E-state index is 0.0495. The molecule has 0 aromatic heterocycles. The fraction of sp³-hybridized carbons (Fsp3) is 0.650. The van der Waals surface area contributed by atoms with E-state index >= 15 is 0 Å². The standard InChI is InChI=1S/C20H29ClFN3O3/c1-14-10-24(11-15(2)28-14)13-17(26)12-23-5-7-25(8-6-23)20(27)18-4-3-16(21)9-19(18)22/h3-4,9,14-15,17,26H,5-8,10-13H2,1-2H3. The first-order chi connectivity index (χ1) is 13.3. The highest BCUT2D eigenvalue weighted by atomic mass is 35.5. The number of carbonyl (C=O) groups is 1. The van der Waals surface area contributed by atoms with Gasteiger partial charge < -0.3 is 14.7 Å². The molecule has 1 aromatic rings. The third-order valence-electron chi connectivity index (χ3n) is 5.25. The van der Waals surface area contributed by atoms with E-state index in [-0.39, 0.29) is 28.7 Å². The van der Waals surface area contributed by atoms with Crippen LogP contribution in [0.2, 0.25) is 5.02 Å². The number of rotatable bonds is 5. The van der Waals surface area contributed by atoms with Gasteiger partial charge >= 0.3 is 0 Å². The summed E-state index contributed by atoms with van der Waals surface area (Å²) < 4.78 is 19.7. The molecule has 2 fully saturated rings. The Hall–Kier alpha value is -1.25. The van der Waals surface area contributed by atoms with Gasteiger partial charge in [-0.1, -0.05) is 11.6 Å². The molecule has 28 heavy (non-hydrogen) atoms. The maximum absolute atomic E-state index is 14.0. The molecule has 3 rings (SSSR count). The van der Waals surface area contributed by atoms with E-state index in [1.54, 1.807) is 4.90 Å². The number of nitrogens with zero attached hydrogens (tertiary/aromatic N) is 3. The second kappa shape index (κ2) is 9.50. The van der Waals surface area contributed by atoms with Gasteiger partial charge in [-0.25, -0.2) is 4.39 Å². The lowest BCUT2D eigenvalue weighted by Gasteiger charge is -2.38. The Morgan fingerprint density at radius 3 is 2.39 bits per heavy atom. The molecule has 2 aliphatic heterocycles. The minimum Gasteiger partial charge on any atom is -0.390 e. The number of piperazine rings is 1. The van der Waals surface area contributed by atoms with Gasteiger partial charge in [0.05, 0.1) is 23.9 Å². The van der Waals surface area contributed by atoms with Crippen LogP contribution in [-0.2, 0) is 4.74 Å². The number of β-amino-alcohol motifs (C(OH)–C–C–N with tert-alkyl or cyclic N) is 1. The van der Waals surface area contributed by atoms with E-state index in [4.69, 9.17) is 16.3 Å². The lowest BCUT2D eigenvalue weighted by molar-refractivity contribution is -0.0783. The first-order valence-electron chi connectivity index (χ1n) is 9.84. The van der Waals surface area contributed by atoms with Crippen molar-refractivity contribution in [2.45, 2.75) is 32.2 Å². The zero-order valence-electron chi connectivity index (χ0n) is 16.5. The largest absolute Gasteiger partial charge is 0.390 e. The maximum atomic E-state index is 14.0. The zero-order chi connectivity index (χ0) is 20.3. The van der Waals surface area contributed by atoms with Gasteiger partial charge in [0.1, 0.15) is 5.82 Å². The SMILES string of the molecule is CC1CN(CC(O)CN2CCN(C(=O)c3ccc(Cl)cc3F)CC2)CC(C)O1. The first-order valence-corrected chi connectivity index (χ1v) is 10.2. The highest BCUT2D eigenvalue weighted by Crippen LogP contribution is 2.17. The molecule has 6 nitrogen and oxygen atoms in total. The first kappa shape index (κ1) is 21.5. The highest BCUT2D eigenvalue weighted by molar-refractivity contribution is 6.30. The average molecular weight is 414 g/mol. The van der Waals surface area contributed by atoms with Crippen LogP contribution in [0.15, 0.2) is 18.2 Å². The van der Waals surface area contributed by atoms with Crippen LogP contribution in [0.3, 0.4) is 0 Å². The van der Waals surface area contributed by atoms with Crippen molar-refractivity contribution in [2.75, 3.05) is 52.4 Å². The van der Waals surface area contributed by atoms with Crippen molar-refractivity contribution in [2.24, 2.45) is 0 Å². The fourth-order valence-electron chi connectivity index (χ4n) is 4.05. The van der Waals surface area contributed by atoms with E-state index in [9.17, 15) is 14.3 Å². The number of hydrogen-bond acceptors (Lipinski definition) is 5. The summed E-state index contributed by atoms with van der Waals surface area (Å²) in [6.45, 7) is 9.29. The van der Waals surface area contributed by atoms with Gasteiger partial charge in [-0.15, -0.1) is 0 Å². The molecule has 2 heterocycles. The van der Waals surface area contributed by atoms with Crippen LogP contribution < -0.4 is 0 Å². The Labute approximate surface area is 170 Å². The Bertz CT molecular complexity index is 675. The second-order valence-corrected chi connectivity index (χ2v) is 8.28. The number of amides is 1. The summed E-state index contributed by atoms with van der Waals surface area (Å²) in [4.78, 5) is 18.6. The van der Waals surface area contributed by atoms with Crippen molar-refractivity contribution in [3.05, 3.63) is 34.6 Å². The van der Waals surface area contributed by atoms with Crippen LogP contribution in [0.5, 0.6) is 0 Å². The van der Waals surface area contributed by atoms with E-state index in [0.29, 0.717) is 39.3 Å². The quantitative estimate of drug-likeness (QED) is 0.796. The van der Waals surface area contributed by atoms with Gasteiger partial charge in [-0.05, 0) is 32.0 Å². The molecule has 156 valence electrons. The molecule has 0 aliphatic carbocycles. The molecule has 1 N–H and O–H groups in total. The summed E-state index contributed by atoms with van der Waals surface area (Å²) in [7, 11) is 0. The topological polar surface area (TPSA) is 56.2 Å². The Morgan fingerprint density at radius 2 is 1.79 bits per heavy atom. The maximum Gasteiger partial charge on any atom is 0.256 e. The number of carbonyl (C=O) groups excluding carboxylic acids is 1. The number of aliphatic hydroxyl groups is 1. The lowest BCUT2D eigenvalue weighted by atomic mass is 10.1. The summed E-state index contributed by atoms with van der Waals surface area (Å²) in [5.41, 5.74) is 0.0495. The van der Waals surface area contributed by atoms with Crippen LogP contribution in [0.4, 0.5) is 4.39 Å². The van der Waals surface area contributed by atoms with Gasteiger partial charge in [0.2, 0.25) is 0 Å². The zero-order valence-corrected chi connectivity index (χ0v) is 17.2. The van der Waals surface area contributed by atoms with Crippen molar-refractivity contribution in [1.29, 1.82) is 0 Å². The van der Waals surface area contributed by atoms with Crippen LogP contribution in [0.1, 0.15) is 24.2 Å². The van der Waals surface area contributed by atoms with E-state index in [1.807, 2.05) is 0 Å². The Kier molecular flexibility index (Phi) is 7.28. The van der Waals surface area contributed by atoms with E-state index in [1.165, 1.54) is 12.1 Å². The third kappa shape index (κ3) is 5.64. The van der Waals surface area contributed by atoms with Crippen LogP contribution in [0.25, 0.3) is 0 Å². The molecule has 1 amide bonds. The van der Waals surface area contributed by atoms with Crippen LogP contribution in [0, 0.1) is 5.82 Å². The second-order valence-electron chi connectivity index (χ2n) is 7.85. The van der Waals surface area contributed by atoms with Gasteiger partial charge in [0.25, 0.3) is 5.91 Å². The summed E-state index contributed by atoms with van der Waals surface area (Å²) in [6, 6.07) is 4.12. The predicted molar refractivity (Wildman–Crippen MR) is 106 cm³/mol. The predicted octanol–water partition coefficient (Wildman–Crippen LogP) is 1.71. The fourth-order valence-corrected chi connectivity index (χ4v) is 4.21. The highest BCUT2D eigenvalue weighted by Gasteiger charge is 2.27. The number of ether oxygens (including phenoxy) is 1. The van der Waals surface area contributed by atoms with Gasteiger partial charge in [0.15, 0.2) is 0 Å². The number of halogens is 2. The summed E-state index contributed by atoms with van der Waals surface area (Å²) in [5, 5.41) is 10.7. The van der Waals surface area contributed by atoms with Crippen LogP contribution >= 0.6 is 11.6 Å². The molecule has 0 radical (unpaired) electrons. The molecule has 1 aromatic carbocycles. The number of morpholine rings is 1. The molecular formula is C20H29ClFN3O3. The number of aliphatic hydroxyl groups excluding tert-OH is 1. The molecule has 0 saturated carbocycles. The smallest absolute Gasteiger partial charge is 0.256 e. The summed E-state index contributed by atoms with van der Waals surface area (Å²) >= 11 is 5.76. The lowest BCUT2D eigenvalue weighted by Crippen LogP contribution is -2.53. The monoisotopic (exact) mass is 413 g/mol. The summed E-state index contributed by atoms with van der Waals surface area (Å²) in [5.74, 6) is -0.907. The molecular weight excluding hydrogens is 385 g/mol. The van der Waals surface area contributed by atoms with Gasteiger partial charge in [0, 0.05) is 57.4 Å². The molecule has 8 heteroatoms. The molecule has 0 bridgehead atoms. The normalized spacial score (nSPS) is 25.7. The van der Waals surface area contributed by atoms with Crippen molar-refractivity contribution in [3.8, 4) is 0 Å². The van der Waals surface area contributed by atoms with Gasteiger partial charge in [-0.3, -0.25) is 14.6 Å². The van der Waals surface area contributed by atoms with E-state index in [2.05, 4.69) is 23.6 Å². The Morgan fingerprint density at radius 1 is 1.18 bits per heavy atom. The summed E-state index contributed by atoms with van der Waals surface area (Å²) in [6.07, 6.45) is -0.0917. The molecule has 3 atom stereocenters. The molecule has 2 aliphatic rings. The molecule has 3 unspecified atom stereocenters. The van der Waals surface area contributed by atoms with E-state index < -0.39 is 11.9 Å².